The van der Waals surface area contributed by atoms with E-state index in [4.69, 9.17) is 0 Å². The van der Waals surface area contributed by atoms with Crippen molar-refractivity contribution in [2.75, 3.05) is 7.05 Å². The molecule has 4 aromatic carbocycles. The Morgan fingerprint density at radius 1 is 0.667 bits per heavy atom. The van der Waals surface area contributed by atoms with Crippen LogP contribution in [-0.2, 0) is 6.42 Å². The van der Waals surface area contributed by atoms with Crippen molar-refractivity contribution in [2.24, 2.45) is 0 Å². The smallest absolute Gasteiger partial charge is 0.251 e. The molecule has 0 unspecified atom stereocenters. The van der Waals surface area contributed by atoms with Crippen LogP contribution in [0.4, 0.5) is 0 Å². The summed E-state index contributed by atoms with van der Waals surface area (Å²) in [6.07, 6.45) is 2.12. The lowest BCUT2D eigenvalue weighted by atomic mass is 9.95. The number of aldehydes is 2. The third kappa shape index (κ3) is 5.20. The SMILES string of the molecule is CNC(=O)c1ccc(-c2cccc(Cc3ccc(-c4ccc(C=O)c(C(C)=O)c4)cc3)c2)cc1C=O. The largest absolute Gasteiger partial charge is 0.355 e. The number of hydrogen-bond donors (Lipinski definition) is 1. The molecule has 0 heterocycles. The lowest BCUT2D eigenvalue weighted by molar-refractivity contribution is 0.0956. The van der Waals surface area contributed by atoms with Crippen LogP contribution in [0.2, 0.25) is 0 Å². The normalized spacial score (nSPS) is 10.5. The number of carbonyl (C=O) groups is 4. The van der Waals surface area contributed by atoms with Gasteiger partial charge in [0, 0.05) is 29.3 Å². The number of hydrogen-bond acceptors (Lipinski definition) is 4. The molecular weight excluding hydrogens is 450 g/mol. The predicted molar refractivity (Wildman–Crippen MR) is 141 cm³/mol. The number of carbonyl (C=O) groups excluding carboxylic acids is 4. The fourth-order valence-electron chi connectivity index (χ4n) is 4.24. The van der Waals surface area contributed by atoms with Crippen molar-refractivity contribution in [1.29, 1.82) is 0 Å². The molecule has 0 saturated heterocycles. The van der Waals surface area contributed by atoms with E-state index in [0.717, 1.165) is 33.4 Å². The molecule has 0 aromatic heterocycles. The first kappa shape index (κ1) is 24.5. The van der Waals surface area contributed by atoms with Crippen LogP contribution in [-0.4, -0.2) is 31.3 Å². The molecular formula is C31H25NO4. The summed E-state index contributed by atoms with van der Waals surface area (Å²) in [4.78, 5) is 46.6. The van der Waals surface area contributed by atoms with E-state index < -0.39 is 0 Å². The molecule has 1 N–H and O–H groups in total. The Morgan fingerprint density at radius 3 is 1.97 bits per heavy atom. The first-order chi connectivity index (χ1) is 17.4. The van der Waals surface area contributed by atoms with Gasteiger partial charge in [-0.2, -0.15) is 0 Å². The highest BCUT2D eigenvalue weighted by atomic mass is 16.2. The van der Waals surface area contributed by atoms with Crippen molar-refractivity contribution in [3.63, 3.8) is 0 Å². The van der Waals surface area contributed by atoms with Gasteiger partial charge in [-0.1, -0.05) is 66.7 Å². The zero-order valence-corrected chi connectivity index (χ0v) is 20.1. The van der Waals surface area contributed by atoms with Crippen molar-refractivity contribution in [3.8, 4) is 22.3 Å². The molecule has 0 atom stereocenters. The predicted octanol–water partition coefficient (Wildman–Crippen LogP) is 5.80. The van der Waals surface area contributed by atoms with Gasteiger partial charge in [-0.05, 0) is 64.9 Å². The molecule has 5 nitrogen and oxygen atoms in total. The molecule has 0 spiro atoms. The Bertz CT molecular complexity index is 1470. The van der Waals surface area contributed by atoms with E-state index in [0.29, 0.717) is 41.2 Å². The fourth-order valence-corrected chi connectivity index (χ4v) is 4.24. The van der Waals surface area contributed by atoms with Gasteiger partial charge in [-0.25, -0.2) is 0 Å². The average Bonchev–Trinajstić information content (AvgIpc) is 2.92. The number of benzene rings is 4. The zero-order chi connectivity index (χ0) is 25.7. The second-order valence-electron chi connectivity index (χ2n) is 8.55. The number of ketones is 1. The molecule has 0 radical (unpaired) electrons. The van der Waals surface area contributed by atoms with Crippen molar-refractivity contribution in [1.82, 2.24) is 5.32 Å². The summed E-state index contributed by atoms with van der Waals surface area (Å²) in [6, 6.07) is 26.7. The highest BCUT2D eigenvalue weighted by Gasteiger charge is 2.12. The van der Waals surface area contributed by atoms with Gasteiger partial charge < -0.3 is 5.32 Å². The molecule has 4 rings (SSSR count). The summed E-state index contributed by atoms with van der Waals surface area (Å²) in [7, 11) is 1.54. The van der Waals surface area contributed by atoms with Crippen LogP contribution in [0.25, 0.3) is 22.3 Å². The third-order valence-electron chi connectivity index (χ3n) is 6.17. The lowest BCUT2D eigenvalue weighted by Crippen LogP contribution is -2.19. The van der Waals surface area contributed by atoms with Crippen molar-refractivity contribution in [2.45, 2.75) is 13.3 Å². The van der Waals surface area contributed by atoms with Gasteiger partial charge in [0.1, 0.15) is 0 Å². The maximum atomic E-state index is 12.0. The second-order valence-corrected chi connectivity index (χ2v) is 8.55. The maximum Gasteiger partial charge on any atom is 0.251 e. The summed E-state index contributed by atoms with van der Waals surface area (Å²) in [6.45, 7) is 1.46. The van der Waals surface area contributed by atoms with Gasteiger partial charge in [-0.3, -0.25) is 19.2 Å². The first-order valence-corrected chi connectivity index (χ1v) is 11.5. The van der Waals surface area contributed by atoms with Gasteiger partial charge in [0.05, 0.1) is 0 Å². The van der Waals surface area contributed by atoms with E-state index in [9.17, 15) is 19.2 Å². The van der Waals surface area contributed by atoms with Crippen LogP contribution in [0, 0.1) is 0 Å². The second kappa shape index (κ2) is 10.7. The Hall–Kier alpha value is -4.64. The minimum atomic E-state index is -0.293. The molecule has 178 valence electrons. The summed E-state index contributed by atoms with van der Waals surface area (Å²) in [5.74, 6) is -0.433. The average molecular weight is 476 g/mol. The standard InChI is InChI=1S/C31H25NO4/c1-20(35)30-17-26(10-11-27(30)18-33)23-8-6-21(7-9-23)14-22-4-3-5-24(15-22)25-12-13-29(31(36)32-2)28(16-25)19-34/h3-13,15-19H,14H2,1-2H3,(H,32,36). The number of Topliss-reactive ketones (excluding diaryl/α,β-unsaturated/α-hetero) is 1. The van der Waals surface area contributed by atoms with Crippen LogP contribution in [0.3, 0.4) is 0 Å². The highest BCUT2D eigenvalue weighted by Crippen LogP contribution is 2.26. The lowest BCUT2D eigenvalue weighted by Gasteiger charge is -2.10. The maximum absolute atomic E-state index is 12.0. The molecule has 0 aliphatic heterocycles. The monoisotopic (exact) mass is 475 g/mol. The molecule has 0 aliphatic carbocycles. The summed E-state index contributed by atoms with van der Waals surface area (Å²) >= 11 is 0. The van der Waals surface area contributed by atoms with E-state index in [1.165, 1.54) is 14.0 Å². The van der Waals surface area contributed by atoms with E-state index in [-0.39, 0.29) is 11.7 Å². The number of amides is 1. The molecule has 0 saturated carbocycles. The molecule has 0 fully saturated rings. The van der Waals surface area contributed by atoms with Gasteiger partial charge in [0.25, 0.3) is 5.91 Å². The van der Waals surface area contributed by atoms with Crippen molar-refractivity contribution in [3.05, 3.63) is 118 Å². The van der Waals surface area contributed by atoms with Gasteiger partial charge in [0.2, 0.25) is 0 Å². The van der Waals surface area contributed by atoms with E-state index >= 15 is 0 Å². The Morgan fingerprint density at radius 2 is 1.31 bits per heavy atom. The first-order valence-electron chi connectivity index (χ1n) is 11.5. The van der Waals surface area contributed by atoms with Crippen LogP contribution in [0.15, 0.2) is 84.9 Å². The van der Waals surface area contributed by atoms with E-state index in [1.54, 1.807) is 24.3 Å². The summed E-state index contributed by atoms with van der Waals surface area (Å²) in [5.41, 5.74) is 7.41. The van der Waals surface area contributed by atoms with Crippen molar-refractivity contribution < 1.29 is 19.2 Å². The fraction of sp³-hybridized carbons (Fsp3) is 0.0968. The van der Waals surface area contributed by atoms with Crippen LogP contribution in [0.5, 0.6) is 0 Å². The third-order valence-corrected chi connectivity index (χ3v) is 6.17. The van der Waals surface area contributed by atoms with Crippen LogP contribution < -0.4 is 5.32 Å². The molecule has 1 amide bonds. The van der Waals surface area contributed by atoms with Gasteiger partial charge >= 0.3 is 0 Å². The van der Waals surface area contributed by atoms with Gasteiger partial charge in [-0.15, -0.1) is 0 Å². The minimum absolute atomic E-state index is 0.140. The quantitative estimate of drug-likeness (QED) is 0.258. The summed E-state index contributed by atoms with van der Waals surface area (Å²) < 4.78 is 0. The molecule has 5 heteroatoms. The molecule has 0 bridgehead atoms. The molecule has 36 heavy (non-hydrogen) atoms. The highest BCUT2D eigenvalue weighted by molar-refractivity contribution is 6.03. The number of rotatable bonds is 8. The Labute approximate surface area is 209 Å². The minimum Gasteiger partial charge on any atom is -0.355 e. The van der Waals surface area contributed by atoms with Crippen LogP contribution in [0.1, 0.15) is 59.5 Å². The van der Waals surface area contributed by atoms with E-state index in [2.05, 4.69) is 11.4 Å². The summed E-state index contributed by atoms with van der Waals surface area (Å²) in [5, 5.41) is 2.55. The Kier molecular flexibility index (Phi) is 7.31. The van der Waals surface area contributed by atoms with Crippen molar-refractivity contribution >= 4 is 24.3 Å². The molecule has 0 aliphatic rings. The van der Waals surface area contributed by atoms with E-state index in [1.807, 2.05) is 54.6 Å². The topological polar surface area (TPSA) is 80.3 Å². The molecule has 4 aromatic rings. The Balaban J connectivity index is 1.56. The zero-order valence-electron chi connectivity index (χ0n) is 20.1. The van der Waals surface area contributed by atoms with Gasteiger partial charge in [0.15, 0.2) is 18.4 Å². The van der Waals surface area contributed by atoms with Crippen LogP contribution >= 0.6 is 0 Å². The number of nitrogens with one attached hydrogen (secondary N) is 1.